The van der Waals surface area contributed by atoms with E-state index in [1.165, 1.54) is 11.8 Å². The summed E-state index contributed by atoms with van der Waals surface area (Å²) in [4.78, 5) is 12.5. The first-order valence-electron chi connectivity index (χ1n) is 9.29. The van der Waals surface area contributed by atoms with Crippen LogP contribution in [0.2, 0.25) is 0 Å². The van der Waals surface area contributed by atoms with Gasteiger partial charge in [0.05, 0.1) is 11.4 Å². The van der Waals surface area contributed by atoms with E-state index >= 15 is 0 Å². The lowest BCUT2D eigenvalue weighted by Gasteiger charge is -2.15. The molecule has 7 heteroatoms. The Hall–Kier alpha value is -1.86. The minimum Gasteiger partial charge on any atom is -0.376 e. The molecule has 1 aliphatic heterocycles. The summed E-state index contributed by atoms with van der Waals surface area (Å²) in [6, 6.07) is 10.1. The molecule has 138 valence electrons. The van der Waals surface area contributed by atoms with Crippen LogP contribution in [0, 0.1) is 0 Å². The molecule has 0 spiro atoms. The number of nitrogens with one attached hydrogen (secondary N) is 1. The van der Waals surface area contributed by atoms with Crippen molar-refractivity contribution in [1.29, 1.82) is 0 Å². The normalized spacial score (nSPS) is 20.9. The van der Waals surface area contributed by atoms with E-state index in [1.54, 1.807) is 0 Å². The summed E-state index contributed by atoms with van der Waals surface area (Å²) in [7, 11) is 0. The molecule has 2 aliphatic rings. The molecule has 1 saturated heterocycles. The number of amides is 1. The maximum atomic E-state index is 12.5. The maximum Gasteiger partial charge on any atom is 0.233 e. The highest BCUT2D eigenvalue weighted by Crippen LogP contribution is 2.41. The average molecular weight is 372 g/mol. The molecule has 6 nitrogen and oxygen atoms in total. The number of para-hydroxylation sites is 1. The lowest BCUT2D eigenvalue weighted by molar-refractivity contribution is -0.120. The molecule has 2 fully saturated rings. The Morgan fingerprint density at radius 1 is 1.31 bits per heavy atom. The fourth-order valence-corrected chi connectivity index (χ4v) is 4.06. The van der Waals surface area contributed by atoms with Gasteiger partial charge in [0, 0.05) is 24.8 Å². The second-order valence-electron chi connectivity index (χ2n) is 6.93. The molecule has 1 aromatic heterocycles. The standard InChI is InChI=1S/C19H24N4O2S/c1-13(18(24)20-12-16-8-5-11-25-16)26-19-22-21-17(14-9-10-14)23(19)15-6-3-2-4-7-15/h2-4,6-7,13-14,16H,5,8-12H2,1H3,(H,20,24)/t13-,16+/m0/s1. The van der Waals surface area contributed by atoms with Crippen LogP contribution in [-0.4, -0.2) is 45.2 Å². The van der Waals surface area contributed by atoms with Crippen molar-refractivity contribution in [2.24, 2.45) is 0 Å². The van der Waals surface area contributed by atoms with Crippen LogP contribution in [-0.2, 0) is 9.53 Å². The smallest absolute Gasteiger partial charge is 0.233 e. The summed E-state index contributed by atoms with van der Waals surface area (Å²) in [5, 5.41) is 12.3. The van der Waals surface area contributed by atoms with E-state index in [-0.39, 0.29) is 17.3 Å². The van der Waals surface area contributed by atoms with Gasteiger partial charge in [0.15, 0.2) is 5.16 Å². The molecule has 1 aromatic carbocycles. The van der Waals surface area contributed by atoms with E-state index in [2.05, 4.69) is 32.2 Å². The highest BCUT2D eigenvalue weighted by atomic mass is 32.2. The fraction of sp³-hybridized carbons (Fsp3) is 0.526. The fourth-order valence-electron chi connectivity index (χ4n) is 3.16. The minimum atomic E-state index is -0.241. The zero-order chi connectivity index (χ0) is 17.9. The molecule has 0 bridgehead atoms. The van der Waals surface area contributed by atoms with E-state index in [4.69, 9.17) is 4.74 Å². The predicted octanol–water partition coefficient (Wildman–Crippen LogP) is 2.92. The molecular formula is C19H24N4O2S. The molecule has 2 aromatic rings. The zero-order valence-corrected chi connectivity index (χ0v) is 15.7. The number of hydrogen-bond donors (Lipinski definition) is 1. The number of benzene rings is 1. The molecule has 2 atom stereocenters. The van der Waals surface area contributed by atoms with Gasteiger partial charge in [0.25, 0.3) is 0 Å². The Kier molecular flexibility index (Phi) is 5.26. The Labute approximate surface area is 157 Å². The number of ether oxygens (including phenoxy) is 1. The van der Waals surface area contributed by atoms with Gasteiger partial charge < -0.3 is 10.1 Å². The van der Waals surface area contributed by atoms with E-state index < -0.39 is 0 Å². The van der Waals surface area contributed by atoms with Crippen molar-refractivity contribution in [3.8, 4) is 5.69 Å². The van der Waals surface area contributed by atoms with E-state index in [0.29, 0.717) is 12.5 Å². The zero-order valence-electron chi connectivity index (χ0n) is 14.9. The third-order valence-electron chi connectivity index (χ3n) is 4.79. The monoisotopic (exact) mass is 372 g/mol. The van der Waals surface area contributed by atoms with Crippen LogP contribution in [0.5, 0.6) is 0 Å². The number of carbonyl (C=O) groups excluding carboxylic acids is 1. The second-order valence-corrected chi connectivity index (χ2v) is 8.23. The molecule has 1 N–H and O–H groups in total. The molecule has 4 rings (SSSR count). The first-order valence-corrected chi connectivity index (χ1v) is 10.2. The van der Waals surface area contributed by atoms with Gasteiger partial charge in [-0.3, -0.25) is 9.36 Å². The SMILES string of the molecule is C[C@H](Sc1nnc(C2CC2)n1-c1ccccc1)C(=O)NC[C@H]1CCCO1. The van der Waals surface area contributed by atoms with Crippen molar-refractivity contribution < 1.29 is 9.53 Å². The summed E-state index contributed by atoms with van der Waals surface area (Å²) in [6.07, 6.45) is 4.58. The van der Waals surface area contributed by atoms with Crippen molar-refractivity contribution in [2.45, 2.75) is 55.0 Å². The third-order valence-corrected chi connectivity index (χ3v) is 5.84. The lowest BCUT2D eigenvalue weighted by Crippen LogP contribution is -2.36. The Bertz CT molecular complexity index is 754. The Balaban J connectivity index is 1.46. The van der Waals surface area contributed by atoms with Gasteiger partial charge in [-0.25, -0.2) is 0 Å². The van der Waals surface area contributed by atoms with E-state index in [1.807, 2.05) is 25.1 Å². The van der Waals surface area contributed by atoms with Crippen LogP contribution < -0.4 is 5.32 Å². The minimum absolute atomic E-state index is 0.0149. The van der Waals surface area contributed by atoms with Crippen molar-refractivity contribution in [1.82, 2.24) is 20.1 Å². The number of nitrogens with zero attached hydrogens (tertiary/aromatic N) is 3. The quantitative estimate of drug-likeness (QED) is 0.757. The first-order chi connectivity index (χ1) is 12.7. The number of rotatable bonds is 7. The van der Waals surface area contributed by atoms with Gasteiger partial charge >= 0.3 is 0 Å². The van der Waals surface area contributed by atoms with Crippen molar-refractivity contribution in [2.75, 3.05) is 13.2 Å². The van der Waals surface area contributed by atoms with Crippen LogP contribution in [0.3, 0.4) is 0 Å². The van der Waals surface area contributed by atoms with Gasteiger partial charge in [-0.2, -0.15) is 0 Å². The molecular weight excluding hydrogens is 348 g/mol. The highest BCUT2D eigenvalue weighted by molar-refractivity contribution is 8.00. The Morgan fingerprint density at radius 3 is 2.81 bits per heavy atom. The topological polar surface area (TPSA) is 69.0 Å². The van der Waals surface area contributed by atoms with Crippen LogP contribution in [0.4, 0.5) is 0 Å². The maximum absolute atomic E-state index is 12.5. The molecule has 1 saturated carbocycles. The molecule has 1 amide bonds. The summed E-state index contributed by atoms with van der Waals surface area (Å²) in [6.45, 7) is 3.30. The molecule has 1 aliphatic carbocycles. The van der Waals surface area contributed by atoms with Gasteiger partial charge in [0.1, 0.15) is 5.82 Å². The number of thioether (sulfide) groups is 1. The number of aromatic nitrogens is 3. The average Bonchev–Trinajstić information content (AvgIpc) is 3.21. The summed E-state index contributed by atoms with van der Waals surface area (Å²) < 4.78 is 7.67. The number of hydrogen-bond acceptors (Lipinski definition) is 5. The summed E-state index contributed by atoms with van der Waals surface area (Å²) in [5.41, 5.74) is 1.05. The molecule has 0 unspecified atom stereocenters. The van der Waals surface area contributed by atoms with Crippen molar-refractivity contribution in [3.63, 3.8) is 0 Å². The number of carbonyl (C=O) groups is 1. The van der Waals surface area contributed by atoms with E-state index in [9.17, 15) is 4.79 Å². The van der Waals surface area contributed by atoms with Crippen LogP contribution in [0.1, 0.15) is 44.3 Å². The third kappa shape index (κ3) is 3.94. The lowest BCUT2D eigenvalue weighted by atomic mass is 10.2. The van der Waals surface area contributed by atoms with Crippen molar-refractivity contribution in [3.05, 3.63) is 36.2 Å². The first kappa shape index (κ1) is 17.5. The second kappa shape index (κ2) is 7.80. The predicted molar refractivity (Wildman–Crippen MR) is 101 cm³/mol. The van der Waals surface area contributed by atoms with Gasteiger partial charge in [-0.15, -0.1) is 10.2 Å². The molecule has 26 heavy (non-hydrogen) atoms. The van der Waals surface area contributed by atoms with Crippen molar-refractivity contribution >= 4 is 17.7 Å². The van der Waals surface area contributed by atoms with Crippen LogP contribution in [0.15, 0.2) is 35.5 Å². The summed E-state index contributed by atoms with van der Waals surface area (Å²) in [5.74, 6) is 1.51. The Morgan fingerprint density at radius 2 is 2.12 bits per heavy atom. The van der Waals surface area contributed by atoms with Gasteiger partial charge in [0.2, 0.25) is 5.91 Å². The van der Waals surface area contributed by atoms with Gasteiger partial charge in [-0.05, 0) is 44.7 Å². The van der Waals surface area contributed by atoms with Crippen LogP contribution in [0.25, 0.3) is 5.69 Å². The van der Waals surface area contributed by atoms with Gasteiger partial charge in [-0.1, -0.05) is 30.0 Å². The highest BCUT2D eigenvalue weighted by Gasteiger charge is 2.32. The molecule has 2 heterocycles. The molecule has 0 radical (unpaired) electrons. The largest absolute Gasteiger partial charge is 0.376 e. The van der Waals surface area contributed by atoms with E-state index in [0.717, 1.165) is 49.0 Å². The van der Waals surface area contributed by atoms with Crippen LogP contribution >= 0.6 is 11.8 Å². The summed E-state index contributed by atoms with van der Waals surface area (Å²) >= 11 is 1.46.